The number of hydrogen-bond acceptors (Lipinski definition) is 4. The average Bonchev–Trinajstić information content (AvgIpc) is 2.86. The number of aromatic nitrogens is 1. The Bertz CT molecular complexity index is 484. The molecule has 1 aromatic heterocycles. The van der Waals surface area contributed by atoms with Gasteiger partial charge in [-0.3, -0.25) is 9.88 Å². The number of nitrogens with zero attached hydrogens (tertiary/aromatic N) is 3. The SMILES string of the molecule is CN(Cc1ccccn1)C[C@@H]1CCCN1C(=O)OC(C)(C)C. The van der Waals surface area contributed by atoms with Crippen LogP contribution in [0.3, 0.4) is 0 Å². The van der Waals surface area contributed by atoms with Crippen LogP contribution in [0, 0.1) is 0 Å². The summed E-state index contributed by atoms with van der Waals surface area (Å²) in [5.74, 6) is 0. The van der Waals surface area contributed by atoms with Crippen LogP contribution >= 0.6 is 0 Å². The van der Waals surface area contributed by atoms with Gasteiger partial charge in [-0.1, -0.05) is 6.07 Å². The highest BCUT2D eigenvalue weighted by molar-refractivity contribution is 5.69. The van der Waals surface area contributed by atoms with Gasteiger partial charge in [-0.25, -0.2) is 4.79 Å². The van der Waals surface area contributed by atoms with Crippen LogP contribution in [0.15, 0.2) is 24.4 Å². The number of pyridine rings is 1. The fourth-order valence-corrected chi connectivity index (χ4v) is 2.78. The molecule has 1 aromatic rings. The van der Waals surface area contributed by atoms with E-state index in [4.69, 9.17) is 4.74 Å². The first-order chi connectivity index (χ1) is 10.3. The number of rotatable bonds is 4. The number of carbonyl (C=O) groups is 1. The van der Waals surface area contributed by atoms with E-state index in [1.165, 1.54) is 0 Å². The lowest BCUT2D eigenvalue weighted by Crippen LogP contribution is -2.44. The largest absolute Gasteiger partial charge is 0.444 e. The predicted molar refractivity (Wildman–Crippen MR) is 86.5 cm³/mol. The monoisotopic (exact) mass is 305 g/mol. The number of likely N-dealkylation sites (N-methyl/N-ethyl adjacent to an activating group) is 1. The van der Waals surface area contributed by atoms with E-state index in [0.717, 1.165) is 38.2 Å². The van der Waals surface area contributed by atoms with Gasteiger partial charge >= 0.3 is 6.09 Å². The summed E-state index contributed by atoms with van der Waals surface area (Å²) in [7, 11) is 2.07. The number of hydrogen-bond donors (Lipinski definition) is 0. The van der Waals surface area contributed by atoms with Crippen molar-refractivity contribution in [2.45, 2.75) is 51.8 Å². The summed E-state index contributed by atoms with van der Waals surface area (Å²) >= 11 is 0. The van der Waals surface area contributed by atoms with Gasteiger partial charge in [0.15, 0.2) is 0 Å². The molecule has 0 saturated carbocycles. The van der Waals surface area contributed by atoms with E-state index in [1.807, 2.05) is 50.1 Å². The molecule has 122 valence electrons. The van der Waals surface area contributed by atoms with Gasteiger partial charge in [0.1, 0.15) is 5.60 Å². The van der Waals surface area contributed by atoms with Crippen molar-refractivity contribution in [1.29, 1.82) is 0 Å². The van der Waals surface area contributed by atoms with E-state index >= 15 is 0 Å². The second kappa shape index (κ2) is 7.09. The van der Waals surface area contributed by atoms with Crippen molar-refractivity contribution >= 4 is 6.09 Å². The maximum absolute atomic E-state index is 12.3. The van der Waals surface area contributed by atoms with Crippen molar-refractivity contribution in [3.8, 4) is 0 Å². The average molecular weight is 305 g/mol. The van der Waals surface area contributed by atoms with Crippen LogP contribution in [0.25, 0.3) is 0 Å². The second-order valence-corrected chi connectivity index (χ2v) is 6.99. The minimum atomic E-state index is -0.440. The standard InChI is InChI=1S/C17H27N3O2/c1-17(2,3)22-16(21)20-11-7-9-15(20)13-19(4)12-14-8-5-6-10-18-14/h5-6,8,10,15H,7,9,11-13H2,1-4H3/t15-/m0/s1. The normalized spacial score (nSPS) is 18.8. The topological polar surface area (TPSA) is 45.7 Å². The van der Waals surface area contributed by atoms with Crippen molar-refractivity contribution in [2.24, 2.45) is 0 Å². The number of amides is 1. The van der Waals surface area contributed by atoms with Crippen molar-refractivity contribution in [3.63, 3.8) is 0 Å². The quantitative estimate of drug-likeness (QED) is 0.858. The first kappa shape index (κ1) is 16.7. The van der Waals surface area contributed by atoms with Crippen LogP contribution in [-0.2, 0) is 11.3 Å². The molecule has 0 N–H and O–H groups in total. The lowest BCUT2D eigenvalue weighted by atomic mass is 10.2. The summed E-state index contributed by atoms with van der Waals surface area (Å²) < 4.78 is 5.51. The fraction of sp³-hybridized carbons (Fsp3) is 0.647. The molecule has 1 atom stereocenters. The molecule has 1 amide bonds. The van der Waals surface area contributed by atoms with Crippen LogP contribution in [0.1, 0.15) is 39.3 Å². The summed E-state index contributed by atoms with van der Waals surface area (Å²) in [5, 5.41) is 0. The minimum absolute atomic E-state index is 0.193. The minimum Gasteiger partial charge on any atom is -0.444 e. The first-order valence-electron chi connectivity index (χ1n) is 7.93. The molecule has 5 nitrogen and oxygen atoms in total. The summed E-state index contributed by atoms with van der Waals surface area (Å²) in [6, 6.07) is 6.17. The van der Waals surface area contributed by atoms with Gasteiger partial charge < -0.3 is 9.64 Å². The summed E-state index contributed by atoms with van der Waals surface area (Å²) in [5.41, 5.74) is 0.608. The molecular formula is C17H27N3O2. The molecule has 2 heterocycles. The molecule has 0 unspecified atom stereocenters. The molecule has 1 fully saturated rings. The third-order valence-corrected chi connectivity index (χ3v) is 3.69. The molecule has 0 spiro atoms. The van der Waals surface area contributed by atoms with Crippen molar-refractivity contribution in [1.82, 2.24) is 14.8 Å². The maximum Gasteiger partial charge on any atom is 0.410 e. The molecule has 1 aliphatic heterocycles. The molecule has 0 aromatic carbocycles. The molecule has 0 aliphatic carbocycles. The molecule has 5 heteroatoms. The van der Waals surface area contributed by atoms with Crippen molar-refractivity contribution in [2.75, 3.05) is 20.1 Å². The molecule has 1 saturated heterocycles. The Labute approximate surface area is 133 Å². The number of likely N-dealkylation sites (tertiary alicyclic amines) is 1. The van der Waals surface area contributed by atoms with Crippen LogP contribution in [0.2, 0.25) is 0 Å². The molecule has 2 rings (SSSR count). The number of carbonyl (C=O) groups excluding carboxylic acids is 1. The van der Waals surface area contributed by atoms with E-state index in [-0.39, 0.29) is 12.1 Å². The Morgan fingerprint density at radius 3 is 2.86 bits per heavy atom. The van der Waals surface area contributed by atoms with Crippen LogP contribution in [-0.4, -0.2) is 52.7 Å². The number of ether oxygens (including phenoxy) is 1. The van der Waals surface area contributed by atoms with Crippen LogP contribution < -0.4 is 0 Å². The van der Waals surface area contributed by atoms with Gasteiger partial charge in [0.25, 0.3) is 0 Å². The van der Waals surface area contributed by atoms with E-state index < -0.39 is 5.60 Å². The van der Waals surface area contributed by atoms with Gasteiger partial charge in [-0.2, -0.15) is 0 Å². The first-order valence-corrected chi connectivity index (χ1v) is 7.93. The molecule has 22 heavy (non-hydrogen) atoms. The zero-order valence-electron chi connectivity index (χ0n) is 14.1. The van der Waals surface area contributed by atoms with Gasteiger partial charge in [0.05, 0.1) is 5.69 Å². The summed E-state index contributed by atoms with van der Waals surface area (Å²) in [6.45, 7) is 8.14. The molecular weight excluding hydrogens is 278 g/mol. The Morgan fingerprint density at radius 2 is 2.23 bits per heavy atom. The Morgan fingerprint density at radius 1 is 1.45 bits per heavy atom. The highest BCUT2D eigenvalue weighted by Gasteiger charge is 2.32. The van der Waals surface area contributed by atoms with Crippen LogP contribution in [0.5, 0.6) is 0 Å². The summed E-state index contributed by atoms with van der Waals surface area (Å²) in [6.07, 6.45) is 3.69. The Kier molecular flexibility index (Phi) is 5.40. The third kappa shape index (κ3) is 4.98. The Hall–Kier alpha value is -1.62. The Balaban J connectivity index is 1.89. The lowest BCUT2D eigenvalue weighted by Gasteiger charge is -2.30. The second-order valence-electron chi connectivity index (χ2n) is 6.99. The maximum atomic E-state index is 12.3. The van der Waals surface area contributed by atoms with Gasteiger partial charge in [0, 0.05) is 31.9 Å². The third-order valence-electron chi connectivity index (χ3n) is 3.69. The smallest absolute Gasteiger partial charge is 0.410 e. The van der Waals surface area contributed by atoms with Crippen LogP contribution in [0.4, 0.5) is 4.79 Å². The van der Waals surface area contributed by atoms with E-state index in [0.29, 0.717) is 0 Å². The van der Waals surface area contributed by atoms with Crippen molar-refractivity contribution in [3.05, 3.63) is 30.1 Å². The van der Waals surface area contributed by atoms with Gasteiger partial charge in [0.2, 0.25) is 0 Å². The highest BCUT2D eigenvalue weighted by Crippen LogP contribution is 2.21. The van der Waals surface area contributed by atoms with Gasteiger partial charge in [-0.05, 0) is 52.8 Å². The van der Waals surface area contributed by atoms with E-state index in [9.17, 15) is 4.79 Å². The van der Waals surface area contributed by atoms with Gasteiger partial charge in [-0.15, -0.1) is 0 Å². The molecule has 0 radical (unpaired) electrons. The zero-order valence-corrected chi connectivity index (χ0v) is 14.1. The predicted octanol–water partition coefficient (Wildman–Crippen LogP) is 2.91. The van der Waals surface area contributed by atoms with Crippen molar-refractivity contribution < 1.29 is 9.53 Å². The van der Waals surface area contributed by atoms with E-state index in [1.54, 1.807) is 0 Å². The highest BCUT2D eigenvalue weighted by atomic mass is 16.6. The summed E-state index contributed by atoms with van der Waals surface area (Å²) in [4.78, 5) is 20.7. The molecule has 0 bridgehead atoms. The fourth-order valence-electron chi connectivity index (χ4n) is 2.78. The molecule has 1 aliphatic rings. The zero-order chi connectivity index (χ0) is 16.2. The lowest BCUT2D eigenvalue weighted by molar-refractivity contribution is 0.0201. The van der Waals surface area contributed by atoms with E-state index in [2.05, 4.69) is 16.9 Å².